The molecule has 7 nitrogen and oxygen atoms in total. The van der Waals surface area contributed by atoms with Crippen molar-refractivity contribution in [1.82, 2.24) is 10.6 Å². The molecule has 0 aromatic heterocycles. The third-order valence-corrected chi connectivity index (χ3v) is 1.77. The van der Waals surface area contributed by atoms with Crippen molar-refractivity contribution < 1.29 is 19.5 Å². The summed E-state index contributed by atoms with van der Waals surface area (Å²) in [6.07, 6.45) is -0.116. The molecule has 0 fully saturated rings. The maximum Gasteiger partial charge on any atom is 0.326 e. The van der Waals surface area contributed by atoms with E-state index in [1.807, 2.05) is 0 Å². The summed E-state index contributed by atoms with van der Waals surface area (Å²) in [7, 11) is 0. The second kappa shape index (κ2) is 6.07. The molecular formula is C10H19N3O4. The Hall–Kier alpha value is -1.79. The SMILES string of the molecule is CC(C)(C)NC(=O)N[C@H](CCC(N)=O)C(=O)O. The smallest absolute Gasteiger partial charge is 0.326 e. The van der Waals surface area contributed by atoms with Crippen molar-refractivity contribution >= 4 is 17.9 Å². The van der Waals surface area contributed by atoms with E-state index in [2.05, 4.69) is 10.6 Å². The van der Waals surface area contributed by atoms with Gasteiger partial charge in [0.2, 0.25) is 5.91 Å². The van der Waals surface area contributed by atoms with Crippen molar-refractivity contribution in [3.63, 3.8) is 0 Å². The van der Waals surface area contributed by atoms with E-state index in [1.54, 1.807) is 20.8 Å². The summed E-state index contributed by atoms with van der Waals surface area (Å²) in [5.41, 5.74) is 4.45. The molecular weight excluding hydrogens is 226 g/mol. The maximum absolute atomic E-state index is 11.4. The van der Waals surface area contributed by atoms with E-state index in [0.29, 0.717) is 0 Å². The Kier molecular flexibility index (Phi) is 5.43. The predicted octanol–water partition coefficient (Wildman–Crippen LogP) is -0.197. The molecule has 0 aliphatic rings. The van der Waals surface area contributed by atoms with Crippen molar-refractivity contribution in [3.05, 3.63) is 0 Å². The Balaban J connectivity index is 4.30. The van der Waals surface area contributed by atoms with Crippen LogP contribution < -0.4 is 16.4 Å². The standard InChI is InChI=1S/C10H19N3O4/c1-10(2,3)13-9(17)12-6(8(15)16)4-5-7(11)14/h6H,4-5H2,1-3H3,(H2,11,14)(H,15,16)(H2,12,13,17)/t6-/m1/s1. The average Bonchev–Trinajstić information content (AvgIpc) is 2.08. The molecule has 0 saturated heterocycles. The summed E-state index contributed by atoms with van der Waals surface area (Å²) in [6, 6.07) is -1.71. The summed E-state index contributed by atoms with van der Waals surface area (Å²) >= 11 is 0. The van der Waals surface area contributed by atoms with Crippen LogP contribution in [0.25, 0.3) is 0 Å². The highest BCUT2D eigenvalue weighted by Gasteiger charge is 2.22. The zero-order valence-electron chi connectivity index (χ0n) is 10.2. The first-order valence-corrected chi connectivity index (χ1v) is 5.21. The first-order valence-electron chi connectivity index (χ1n) is 5.21. The van der Waals surface area contributed by atoms with Crippen LogP contribution in [0.3, 0.4) is 0 Å². The number of carbonyl (C=O) groups excluding carboxylic acids is 2. The van der Waals surface area contributed by atoms with Gasteiger partial charge < -0.3 is 21.5 Å². The average molecular weight is 245 g/mol. The van der Waals surface area contributed by atoms with Crippen molar-refractivity contribution in [2.24, 2.45) is 5.73 Å². The number of rotatable bonds is 5. The molecule has 0 aliphatic carbocycles. The normalized spacial score (nSPS) is 12.6. The van der Waals surface area contributed by atoms with E-state index in [-0.39, 0.29) is 12.8 Å². The van der Waals surface area contributed by atoms with Gasteiger partial charge >= 0.3 is 12.0 Å². The quantitative estimate of drug-likeness (QED) is 0.536. The number of nitrogens with one attached hydrogen (secondary N) is 2. The van der Waals surface area contributed by atoms with Gasteiger partial charge in [0, 0.05) is 12.0 Å². The topological polar surface area (TPSA) is 122 Å². The molecule has 0 bridgehead atoms. The number of carbonyl (C=O) groups is 3. The van der Waals surface area contributed by atoms with Gasteiger partial charge in [0.25, 0.3) is 0 Å². The molecule has 5 N–H and O–H groups in total. The first kappa shape index (κ1) is 15.2. The molecule has 17 heavy (non-hydrogen) atoms. The van der Waals surface area contributed by atoms with Gasteiger partial charge in [-0.25, -0.2) is 9.59 Å². The maximum atomic E-state index is 11.4. The monoisotopic (exact) mass is 245 g/mol. The van der Waals surface area contributed by atoms with E-state index in [0.717, 1.165) is 0 Å². The van der Waals surface area contributed by atoms with Crippen LogP contribution in [-0.4, -0.2) is 34.6 Å². The zero-order chi connectivity index (χ0) is 13.6. The van der Waals surface area contributed by atoms with Gasteiger partial charge in [0.15, 0.2) is 0 Å². The molecule has 0 heterocycles. The fourth-order valence-electron chi connectivity index (χ4n) is 1.08. The Morgan fingerprint density at radius 2 is 1.82 bits per heavy atom. The molecule has 0 rings (SSSR count). The lowest BCUT2D eigenvalue weighted by Crippen LogP contribution is -2.51. The zero-order valence-corrected chi connectivity index (χ0v) is 10.2. The van der Waals surface area contributed by atoms with E-state index < -0.39 is 29.5 Å². The number of primary amides is 1. The molecule has 0 spiro atoms. The van der Waals surface area contributed by atoms with Gasteiger partial charge in [-0.2, -0.15) is 0 Å². The van der Waals surface area contributed by atoms with Crippen molar-refractivity contribution in [2.45, 2.75) is 45.2 Å². The highest BCUT2D eigenvalue weighted by atomic mass is 16.4. The predicted molar refractivity (Wildman–Crippen MR) is 61.3 cm³/mol. The van der Waals surface area contributed by atoms with Crippen molar-refractivity contribution in [3.8, 4) is 0 Å². The highest BCUT2D eigenvalue weighted by Crippen LogP contribution is 2.00. The van der Waals surface area contributed by atoms with Crippen LogP contribution in [0, 0.1) is 0 Å². The van der Waals surface area contributed by atoms with E-state index >= 15 is 0 Å². The van der Waals surface area contributed by atoms with Gasteiger partial charge in [-0.15, -0.1) is 0 Å². The number of nitrogens with two attached hydrogens (primary N) is 1. The summed E-state index contributed by atoms with van der Waals surface area (Å²) in [6.45, 7) is 5.31. The first-order chi connectivity index (χ1) is 7.61. The van der Waals surface area contributed by atoms with Crippen molar-refractivity contribution in [2.75, 3.05) is 0 Å². The molecule has 0 radical (unpaired) electrons. The highest BCUT2D eigenvalue weighted by molar-refractivity contribution is 5.83. The van der Waals surface area contributed by atoms with Crippen LogP contribution in [0.1, 0.15) is 33.6 Å². The van der Waals surface area contributed by atoms with E-state index in [1.165, 1.54) is 0 Å². The van der Waals surface area contributed by atoms with Gasteiger partial charge in [-0.05, 0) is 27.2 Å². The largest absolute Gasteiger partial charge is 0.480 e. The molecule has 98 valence electrons. The second-order valence-electron chi connectivity index (χ2n) is 4.74. The van der Waals surface area contributed by atoms with E-state index in [9.17, 15) is 14.4 Å². The van der Waals surface area contributed by atoms with Crippen LogP contribution >= 0.6 is 0 Å². The van der Waals surface area contributed by atoms with Crippen LogP contribution in [-0.2, 0) is 9.59 Å². The Bertz CT molecular complexity index is 309. The number of hydrogen-bond acceptors (Lipinski definition) is 3. The van der Waals surface area contributed by atoms with Crippen LogP contribution in [0.4, 0.5) is 4.79 Å². The fraction of sp³-hybridized carbons (Fsp3) is 0.700. The number of hydrogen-bond donors (Lipinski definition) is 4. The molecule has 0 aromatic rings. The minimum absolute atomic E-state index is 0.0256. The van der Waals surface area contributed by atoms with Gasteiger partial charge in [-0.3, -0.25) is 4.79 Å². The number of urea groups is 1. The lowest BCUT2D eigenvalue weighted by atomic mass is 10.1. The second-order valence-corrected chi connectivity index (χ2v) is 4.74. The summed E-state index contributed by atoms with van der Waals surface area (Å²) in [5, 5.41) is 13.7. The number of carboxylic acids is 1. The van der Waals surface area contributed by atoms with Crippen LogP contribution in [0.15, 0.2) is 0 Å². The molecule has 7 heteroatoms. The number of carboxylic acid groups (broad SMARTS) is 1. The number of aliphatic carboxylic acids is 1. The van der Waals surface area contributed by atoms with E-state index in [4.69, 9.17) is 10.8 Å². The lowest BCUT2D eigenvalue weighted by molar-refractivity contribution is -0.139. The Labute approximate surface area is 99.7 Å². The third-order valence-electron chi connectivity index (χ3n) is 1.77. The van der Waals surface area contributed by atoms with Gasteiger partial charge in [0.05, 0.1) is 0 Å². The van der Waals surface area contributed by atoms with Gasteiger partial charge in [0.1, 0.15) is 6.04 Å². The van der Waals surface area contributed by atoms with Crippen LogP contribution in [0.2, 0.25) is 0 Å². The number of amides is 3. The fourth-order valence-corrected chi connectivity index (χ4v) is 1.08. The molecule has 1 atom stereocenters. The minimum Gasteiger partial charge on any atom is -0.480 e. The third kappa shape index (κ3) is 8.06. The van der Waals surface area contributed by atoms with Crippen molar-refractivity contribution in [1.29, 1.82) is 0 Å². The molecule has 3 amide bonds. The van der Waals surface area contributed by atoms with Crippen LogP contribution in [0.5, 0.6) is 0 Å². The Morgan fingerprint density at radius 3 is 2.18 bits per heavy atom. The summed E-state index contributed by atoms with van der Waals surface area (Å²) in [5.74, 6) is -1.80. The Morgan fingerprint density at radius 1 is 1.29 bits per heavy atom. The minimum atomic E-state index is -1.20. The summed E-state index contributed by atoms with van der Waals surface area (Å²) < 4.78 is 0. The molecule has 0 saturated carbocycles. The molecule has 0 aromatic carbocycles. The molecule has 0 aliphatic heterocycles. The van der Waals surface area contributed by atoms with Gasteiger partial charge in [-0.1, -0.05) is 0 Å². The summed E-state index contributed by atoms with van der Waals surface area (Å²) in [4.78, 5) is 32.8. The molecule has 0 unspecified atom stereocenters. The lowest BCUT2D eigenvalue weighted by Gasteiger charge is -2.22.